The highest BCUT2D eigenvalue weighted by Gasteiger charge is 2.32. The van der Waals surface area contributed by atoms with Crippen LogP contribution in [0.5, 0.6) is 0 Å². The van der Waals surface area contributed by atoms with Gasteiger partial charge in [0, 0.05) is 23.1 Å². The van der Waals surface area contributed by atoms with Gasteiger partial charge in [-0.2, -0.15) is 0 Å². The van der Waals surface area contributed by atoms with Crippen molar-refractivity contribution in [2.75, 3.05) is 6.61 Å². The first kappa shape index (κ1) is 11.6. The van der Waals surface area contributed by atoms with Crippen LogP contribution in [0.15, 0.2) is 22.7 Å². The highest BCUT2D eigenvalue weighted by atomic mass is 79.9. The van der Waals surface area contributed by atoms with Crippen molar-refractivity contribution in [3.05, 3.63) is 33.8 Å². The summed E-state index contributed by atoms with van der Waals surface area (Å²) in [5.74, 6) is -2.96. The van der Waals surface area contributed by atoms with E-state index >= 15 is 0 Å². The molecular formula is C10H11BrF2O. The Morgan fingerprint density at radius 1 is 1.43 bits per heavy atom. The fraction of sp³-hybridized carbons (Fsp3) is 0.400. The number of benzene rings is 1. The number of aliphatic hydroxyl groups is 1. The van der Waals surface area contributed by atoms with Gasteiger partial charge < -0.3 is 5.11 Å². The Bertz CT molecular complexity index is 326. The van der Waals surface area contributed by atoms with Crippen LogP contribution in [0.2, 0.25) is 0 Å². The molecule has 1 rings (SSSR count). The molecule has 0 saturated heterocycles. The maximum Gasteiger partial charge on any atom is 0.275 e. The Balaban J connectivity index is 3.12. The molecule has 0 atom stereocenters. The number of alkyl halides is 2. The smallest absolute Gasteiger partial charge is 0.275 e. The quantitative estimate of drug-likeness (QED) is 0.889. The van der Waals surface area contributed by atoms with Crippen LogP contribution < -0.4 is 0 Å². The molecule has 0 bridgehead atoms. The van der Waals surface area contributed by atoms with Gasteiger partial charge in [-0.25, -0.2) is 8.78 Å². The topological polar surface area (TPSA) is 20.2 Å². The summed E-state index contributed by atoms with van der Waals surface area (Å²) in [7, 11) is 0. The zero-order valence-corrected chi connectivity index (χ0v) is 9.31. The molecule has 78 valence electrons. The van der Waals surface area contributed by atoms with Gasteiger partial charge in [0.05, 0.1) is 0 Å². The molecule has 4 heteroatoms. The van der Waals surface area contributed by atoms with E-state index in [4.69, 9.17) is 5.11 Å². The molecule has 0 aliphatic carbocycles. The maximum atomic E-state index is 13.4. The fourth-order valence-corrected chi connectivity index (χ4v) is 1.64. The lowest BCUT2D eigenvalue weighted by molar-refractivity contribution is -0.0275. The van der Waals surface area contributed by atoms with Gasteiger partial charge in [-0.05, 0) is 18.6 Å². The molecule has 0 amide bonds. The van der Waals surface area contributed by atoms with Crippen LogP contribution >= 0.6 is 15.9 Å². The highest BCUT2D eigenvalue weighted by molar-refractivity contribution is 9.10. The zero-order chi connectivity index (χ0) is 10.8. The summed E-state index contributed by atoms with van der Waals surface area (Å²) in [6, 6.07) is 4.67. The lowest BCUT2D eigenvalue weighted by Gasteiger charge is -2.18. The first-order chi connectivity index (χ1) is 6.49. The summed E-state index contributed by atoms with van der Waals surface area (Å²) in [6.07, 6.45) is -0.537. The van der Waals surface area contributed by atoms with Gasteiger partial charge >= 0.3 is 0 Å². The van der Waals surface area contributed by atoms with E-state index in [2.05, 4.69) is 15.9 Å². The predicted molar refractivity (Wildman–Crippen MR) is 54.5 cm³/mol. The molecule has 0 aromatic heterocycles. The van der Waals surface area contributed by atoms with Crippen molar-refractivity contribution in [1.82, 2.24) is 0 Å². The minimum Gasteiger partial charge on any atom is -0.396 e. The molecule has 0 heterocycles. The van der Waals surface area contributed by atoms with Crippen LogP contribution in [-0.4, -0.2) is 11.7 Å². The van der Waals surface area contributed by atoms with Crippen LogP contribution in [0.4, 0.5) is 8.78 Å². The molecule has 0 saturated carbocycles. The third kappa shape index (κ3) is 2.30. The molecule has 14 heavy (non-hydrogen) atoms. The second-order valence-corrected chi connectivity index (χ2v) is 3.94. The maximum absolute atomic E-state index is 13.4. The molecule has 1 aromatic carbocycles. The third-order valence-electron chi connectivity index (χ3n) is 2.09. The van der Waals surface area contributed by atoms with Gasteiger partial charge in [0.25, 0.3) is 5.92 Å². The van der Waals surface area contributed by atoms with Gasteiger partial charge in [0.1, 0.15) is 0 Å². The van der Waals surface area contributed by atoms with Crippen molar-refractivity contribution < 1.29 is 13.9 Å². The van der Waals surface area contributed by atoms with Gasteiger partial charge in [0.2, 0.25) is 0 Å². The number of rotatable bonds is 3. The summed E-state index contributed by atoms with van der Waals surface area (Å²) in [6.45, 7) is 1.11. The van der Waals surface area contributed by atoms with E-state index in [1.807, 2.05) is 0 Å². The molecule has 0 aliphatic heterocycles. The van der Waals surface area contributed by atoms with Crippen LogP contribution in [-0.2, 0) is 5.92 Å². The average Bonchev–Trinajstić information content (AvgIpc) is 2.09. The van der Waals surface area contributed by atoms with E-state index in [-0.39, 0.29) is 5.56 Å². The highest BCUT2D eigenvalue weighted by Crippen LogP contribution is 2.35. The lowest BCUT2D eigenvalue weighted by atomic mass is 10.0. The number of halogens is 3. The van der Waals surface area contributed by atoms with Crippen LogP contribution in [0, 0.1) is 6.92 Å². The van der Waals surface area contributed by atoms with Crippen LogP contribution in [0.25, 0.3) is 0 Å². The van der Waals surface area contributed by atoms with Crippen LogP contribution in [0.3, 0.4) is 0 Å². The predicted octanol–water partition coefficient (Wildman–Crippen LogP) is 3.23. The third-order valence-corrected chi connectivity index (χ3v) is 2.95. The second kappa shape index (κ2) is 4.36. The number of aliphatic hydroxyl groups excluding tert-OH is 1. The summed E-state index contributed by atoms with van der Waals surface area (Å²) in [4.78, 5) is 0. The Labute approximate surface area is 89.9 Å². The first-order valence-corrected chi connectivity index (χ1v) is 5.02. The van der Waals surface area contributed by atoms with Gasteiger partial charge in [-0.15, -0.1) is 0 Å². The van der Waals surface area contributed by atoms with Crippen molar-refractivity contribution in [2.24, 2.45) is 0 Å². The summed E-state index contributed by atoms with van der Waals surface area (Å²) in [5, 5.41) is 8.53. The van der Waals surface area contributed by atoms with Crippen LogP contribution in [0.1, 0.15) is 17.5 Å². The van der Waals surface area contributed by atoms with E-state index in [0.29, 0.717) is 10.0 Å². The minimum absolute atomic E-state index is 0.0269. The molecule has 0 unspecified atom stereocenters. The number of hydrogen-bond donors (Lipinski definition) is 1. The molecule has 0 radical (unpaired) electrons. The normalized spacial score (nSPS) is 11.8. The Kier molecular flexibility index (Phi) is 3.61. The van der Waals surface area contributed by atoms with E-state index in [1.165, 1.54) is 6.07 Å². The molecule has 1 nitrogen and oxygen atoms in total. The first-order valence-electron chi connectivity index (χ1n) is 4.23. The SMILES string of the molecule is Cc1c(Br)cccc1C(F)(F)CCO. The van der Waals surface area contributed by atoms with Gasteiger partial charge in [-0.1, -0.05) is 28.1 Å². The Morgan fingerprint density at radius 3 is 2.64 bits per heavy atom. The summed E-state index contributed by atoms with van der Waals surface area (Å²) < 4.78 is 27.5. The molecule has 0 spiro atoms. The van der Waals surface area contributed by atoms with Crippen molar-refractivity contribution in [3.63, 3.8) is 0 Å². The largest absolute Gasteiger partial charge is 0.396 e. The van der Waals surface area contributed by atoms with Crippen molar-refractivity contribution in [3.8, 4) is 0 Å². The van der Waals surface area contributed by atoms with Gasteiger partial charge in [0.15, 0.2) is 0 Å². The van der Waals surface area contributed by atoms with Crippen molar-refractivity contribution in [1.29, 1.82) is 0 Å². The minimum atomic E-state index is -2.96. The second-order valence-electron chi connectivity index (χ2n) is 3.09. The molecule has 0 aliphatic rings. The van der Waals surface area contributed by atoms with E-state index < -0.39 is 19.0 Å². The van der Waals surface area contributed by atoms with Crippen molar-refractivity contribution in [2.45, 2.75) is 19.3 Å². The fourth-order valence-electron chi connectivity index (χ4n) is 1.28. The Hall–Kier alpha value is -0.480. The van der Waals surface area contributed by atoms with E-state index in [9.17, 15) is 8.78 Å². The monoisotopic (exact) mass is 264 g/mol. The lowest BCUT2D eigenvalue weighted by Crippen LogP contribution is -2.16. The summed E-state index contributed by atoms with van der Waals surface area (Å²) in [5.41, 5.74) is 0.492. The van der Waals surface area contributed by atoms with E-state index in [0.717, 1.165) is 0 Å². The van der Waals surface area contributed by atoms with Crippen molar-refractivity contribution >= 4 is 15.9 Å². The standard InChI is InChI=1S/C10H11BrF2O/c1-7-8(3-2-4-9(7)11)10(12,13)5-6-14/h2-4,14H,5-6H2,1H3. The molecular weight excluding hydrogens is 254 g/mol. The van der Waals surface area contributed by atoms with Gasteiger partial charge in [-0.3, -0.25) is 0 Å². The van der Waals surface area contributed by atoms with E-state index in [1.54, 1.807) is 19.1 Å². The average molecular weight is 265 g/mol. The summed E-state index contributed by atoms with van der Waals surface area (Å²) >= 11 is 3.19. The zero-order valence-electron chi connectivity index (χ0n) is 7.73. The number of hydrogen-bond acceptors (Lipinski definition) is 1. The molecule has 0 fully saturated rings. The molecule has 1 N–H and O–H groups in total. The molecule has 1 aromatic rings. The Morgan fingerprint density at radius 2 is 2.07 bits per heavy atom.